The van der Waals surface area contributed by atoms with E-state index in [0.717, 1.165) is 0 Å². The van der Waals surface area contributed by atoms with E-state index >= 15 is 0 Å². The van der Waals surface area contributed by atoms with E-state index in [9.17, 15) is 9.13 Å². The number of hydrogen-bond acceptors (Lipinski definition) is 3. The third kappa shape index (κ3) is 24.8. The van der Waals surface area contributed by atoms with Crippen molar-refractivity contribution in [2.75, 3.05) is 0 Å². The highest BCUT2D eigenvalue weighted by molar-refractivity contribution is 7.46. The predicted octanol–water partition coefficient (Wildman–Crippen LogP) is 0.724. The van der Waals surface area contributed by atoms with Crippen LogP contribution in [0.2, 0.25) is 0 Å². The van der Waals surface area contributed by atoms with Crippen LogP contribution in [-0.2, 0) is 13.4 Å². The van der Waals surface area contributed by atoms with Crippen LogP contribution in [-0.4, -0.2) is 9.79 Å². The Bertz CT molecular complexity index is 146. The van der Waals surface area contributed by atoms with Gasteiger partial charge in [0.05, 0.1) is 0 Å². The van der Waals surface area contributed by atoms with E-state index in [-0.39, 0.29) is 0 Å². The lowest BCUT2D eigenvalue weighted by molar-refractivity contribution is 0.371. The first-order valence-corrected chi connectivity index (χ1v) is 4.50. The molecule has 0 fully saturated rings. The van der Waals surface area contributed by atoms with E-state index in [4.69, 9.17) is 9.79 Å². The smallest absolute Gasteiger partial charge is 0.323 e. The van der Waals surface area contributed by atoms with Gasteiger partial charge in [-0.05, 0) is 0 Å². The molecule has 7 heteroatoms. The zero-order chi connectivity index (χ0) is 8.57. The molecule has 0 aromatic heterocycles. The van der Waals surface area contributed by atoms with Gasteiger partial charge in [-0.1, -0.05) is 13.2 Å². The molecule has 2 atom stereocenters. The molecule has 5 nitrogen and oxygen atoms in total. The van der Waals surface area contributed by atoms with Crippen LogP contribution in [0.25, 0.3) is 0 Å². The summed E-state index contributed by atoms with van der Waals surface area (Å²) in [6, 6.07) is 0. The molecule has 60 valence electrons. The fraction of sp³-hybridized carbons (Fsp3) is 0. The fourth-order valence-electron chi connectivity index (χ4n) is 0.0747. The van der Waals surface area contributed by atoms with E-state index in [1.54, 1.807) is 0 Å². The summed E-state index contributed by atoms with van der Waals surface area (Å²) >= 11 is 0. The van der Waals surface area contributed by atoms with Gasteiger partial charge in [-0.3, -0.25) is 9.13 Å². The van der Waals surface area contributed by atoms with Crippen LogP contribution in [0.4, 0.5) is 0 Å². The molecule has 0 aliphatic heterocycles. The summed E-state index contributed by atoms with van der Waals surface area (Å²) in [5.41, 5.74) is 2.25. The van der Waals surface area contributed by atoms with Crippen LogP contribution in [0.3, 0.4) is 0 Å². The van der Waals surface area contributed by atoms with Gasteiger partial charge in [-0.25, -0.2) is 4.31 Å². The zero-order valence-electron chi connectivity index (χ0n) is 5.03. The minimum Gasteiger partial charge on any atom is -0.326 e. The molecule has 0 rings (SSSR count). The van der Waals surface area contributed by atoms with Gasteiger partial charge in [0, 0.05) is 0 Å². The summed E-state index contributed by atoms with van der Waals surface area (Å²) in [4.78, 5) is 15.4. The summed E-state index contributed by atoms with van der Waals surface area (Å²) < 4.78 is 22.3. The van der Waals surface area contributed by atoms with Gasteiger partial charge >= 0.3 is 16.5 Å². The Morgan fingerprint density at radius 3 is 1.40 bits per heavy atom. The molecule has 2 unspecified atom stereocenters. The Hall–Kier alpha value is -0.140. The highest BCUT2D eigenvalue weighted by Gasteiger charge is 1.93. The molecule has 0 heterocycles. The van der Waals surface area contributed by atoms with Crippen LogP contribution in [0, 0.1) is 0 Å². The predicted molar refractivity (Wildman–Crippen MR) is 38.3 cm³/mol. The largest absolute Gasteiger partial charge is 0.326 e. The van der Waals surface area contributed by atoms with E-state index in [0.29, 0.717) is 0 Å². The minimum absolute atomic E-state index is 2.25. The quantitative estimate of drug-likeness (QED) is 0.490. The average molecular weight is 186 g/mol. The van der Waals surface area contributed by atoms with Crippen molar-refractivity contribution in [1.82, 2.24) is 0 Å². The lowest BCUT2D eigenvalue weighted by Crippen LogP contribution is -1.58. The second kappa shape index (κ2) is 8.86. The van der Waals surface area contributed by atoms with Crippen LogP contribution in [0.15, 0.2) is 18.9 Å². The lowest BCUT2D eigenvalue weighted by Gasteiger charge is -1.86. The van der Waals surface area contributed by atoms with Crippen molar-refractivity contribution in [1.29, 1.82) is 0 Å². The van der Waals surface area contributed by atoms with Crippen molar-refractivity contribution in [2.24, 2.45) is 0 Å². The number of rotatable bonds is 2. The van der Waals surface area contributed by atoms with Crippen LogP contribution >= 0.6 is 16.5 Å². The van der Waals surface area contributed by atoms with Gasteiger partial charge in [0.2, 0.25) is 0 Å². The Labute approximate surface area is 59.6 Å². The molecule has 0 spiro atoms. The second-order valence-corrected chi connectivity index (χ2v) is 2.76. The molecule has 0 aromatic carbocycles. The van der Waals surface area contributed by atoms with Gasteiger partial charge in [0.1, 0.15) is 0 Å². The Kier molecular flexibility index (Phi) is 11.1. The van der Waals surface area contributed by atoms with Gasteiger partial charge in [0.25, 0.3) is 0 Å². The molecular weight excluding hydrogens is 178 g/mol. The first-order valence-electron chi connectivity index (χ1n) is 1.97. The Morgan fingerprint density at radius 1 is 1.20 bits per heavy atom. The van der Waals surface area contributed by atoms with Crippen molar-refractivity contribution in [2.45, 2.75) is 0 Å². The molecule has 0 aromatic rings. The molecule has 0 aliphatic carbocycles. The lowest BCUT2D eigenvalue weighted by atomic mass is 11.0. The van der Waals surface area contributed by atoms with Crippen LogP contribution < -0.4 is 0 Å². The summed E-state index contributed by atoms with van der Waals surface area (Å²) in [7, 11) is -6.40. The summed E-state index contributed by atoms with van der Waals surface area (Å²) in [6.07, 6.45) is 0. The third-order valence-corrected chi connectivity index (χ3v) is 1.57. The first kappa shape index (κ1) is 12.5. The van der Waals surface area contributed by atoms with Gasteiger partial charge in [-0.15, -0.1) is 5.73 Å². The summed E-state index contributed by atoms with van der Waals surface area (Å²) in [5.74, 6) is 0. The SMILES string of the molecule is C=C=C.O=[PH](O)O[PH](=O)O. The van der Waals surface area contributed by atoms with E-state index in [2.05, 4.69) is 23.2 Å². The maximum Gasteiger partial charge on any atom is 0.323 e. The van der Waals surface area contributed by atoms with Crippen molar-refractivity contribution in [3.8, 4) is 0 Å². The second-order valence-electron chi connectivity index (χ2n) is 0.884. The Balaban J connectivity index is 0. The van der Waals surface area contributed by atoms with E-state index < -0.39 is 16.5 Å². The molecule has 0 bridgehead atoms. The molecule has 0 amide bonds. The minimum atomic E-state index is -3.20. The highest BCUT2D eigenvalue weighted by Crippen LogP contribution is 2.30. The van der Waals surface area contributed by atoms with Crippen molar-refractivity contribution in [3.63, 3.8) is 0 Å². The summed E-state index contributed by atoms with van der Waals surface area (Å²) in [5, 5.41) is 0. The maximum atomic E-state index is 9.44. The van der Waals surface area contributed by atoms with Crippen LogP contribution in [0.1, 0.15) is 0 Å². The topological polar surface area (TPSA) is 83.8 Å². The monoisotopic (exact) mass is 186 g/mol. The van der Waals surface area contributed by atoms with E-state index in [1.165, 1.54) is 0 Å². The molecule has 2 N–H and O–H groups in total. The third-order valence-electron chi connectivity index (χ3n) is 0.175. The molecule has 0 aliphatic rings. The maximum absolute atomic E-state index is 9.44. The van der Waals surface area contributed by atoms with Crippen LogP contribution in [0.5, 0.6) is 0 Å². The molecular formula is C3H8O5P2. The standard InChI is InChI=1S/C3H4.H4O5P2/c1-3-2;1-6(2)5-7(3)4/h1-2H2;6-7H,(H,1,2)(H,3,4). The average Bonchev–Trinajstić information content (AvgIpc) is 1.62. The normalized spacial score (nSPS) is 13.8. The molecule has 0 radical (unpaired) electrons. The highest BCUT2D eigenvalue weighted by atomic mass is 31.2. The summed E-state index contributed by atoms with van der Waals surface area (Å²) in [6.45, 7) is 6.25. The first-order chi connectivity index (χ1) is 4.54. The molecule has 0 saturated heterocycles. The van der Waals surface area contributed by atoms with Gasteiger partial charge in [-0.2, -0.15) is 0 Å². The fourth-order valence-corrected chi connectivity index (χ4v) is 0.672. The van der Waals surface area contributed by atoms with Crippen molar-refractivity contribution >= 4 is 16.5 Å². The van der Waals surface area contributed by atoms with Crippen molar-refractivity contribution in [3.05, 3.63) is 18.9 Å². The van der Waals surface area contributed by atoms with E-state index in [1.807, 2.05) is 0 Å². The molecule has 10 heavy (non-hydrogen) atoms. The van der Waals surface area contributed by atoms with Crippen molar-refractivity contribution < 1.29 is 23.2 Å². The number of hydrogen-bond donors (Lipinski definition) is 2. The van der Waals surface area contributed by atoms with Gasteiger partial charge in [0.15, 0.2) is 0 Å². The van der Waals surface area contributed by atoms with Gasteiger partial charge < -0.3 is 9.79 Å². The molecule has 0 saturated carbocycles. The Morgan fingerprint density at radius 2 is 1.40 bits per heavy atom. The zero-order valence-corrected chi connectivity index (χ0v) is 7.03.